The summed E-state index contributed by atoms with van der Waals surface area (Å²) in [5.41, 5.74) is 6.79. The number of rotatable bonds is 8. The first-order valence-corrected chi connectivity index (χ1v) is 15.0. The van der Waals surface area contributed by atoms with E-state index in [1.54, 1.807) is 23.9 Å². The molecular weight excluding hydrogens is 520 g/mol. The van der Waals surface area contributed by atoms with Crippen molar-refractivity contribution < 1.29 is 13.5 Å². The molecule has 3 fully saturated rings. The van der Waals surface area contributed by atoms with Crippen LogP contribution in [0.1, 0.15) is 56.0 Å². The second-order valence-electron chi connectivity index (χ2n) is 11.0. The molecule has 1 saturated carbocycles. The van der Waals surface area contributed by atoms with Crippen molar-refractivity contribution in [2.24, 2.45) is 5.92 Å². The number of hydrogen-bond donors (Lipinski definition) is 3. The van der Waals surface area contributed by atoms with Crippen molar-refractivity contribution in [2.75, 3.05) is 32.0 Å². The summed E-state index contributed by atoms with van der Waals surface area (Å²) in [5.74, 6) is 1.05. The van der Waals surface area contributed by atoms with Crippen LogP contribution in [0.25, 0.3) is 10.9 Å². The van der Waals surface area contributed by atoms with Crippen molar-refractivity contribution in [1.29, 1.82) is 0 Å². The fraction of sp³-hybridized carbons (Fsp3) is 0.517. The molecule has 208 valence electrons. The summed E-state index contributed by atoms with van der Waals surface area (Å²) >= 11 is 1.71. The highest BCUT2D eigenvalue weighted by atomic mass is 32.2. The molecule has 10 heteroatoms. The minimum absolute atomic E-state index is 0.0381. The minimum atomic E-state index is -0.620. The molecule has 7 nitrogen and oxygen atoms in total. The maximum atomic E-state index is 15.1. The Bertz CT molecular complexity index is 1390. The van der Waals surface area contributed by atoms with Gasteiger partial charge in [0, 0.05) is 47.3 Å². The molecule has 1 aliphatic carbocycles. The number of fused-ring (bicyclic) bond motifs is 1. The third-order valence-corrected chi connectivity index (χ3v) is 9.52. The zero-order valence-corrected chi connectivity index (χ0v) is 22.7. The lowest BCUT2D eigenvalue weighted by Crippen LogP contribution is -2.48. The maximum Gasteiger partial charge on any atom is 0.261 e. The molecule has 1 aromatic heterocycles. The predicted molar refractivity (Wildman–Crippen MR) is 151 cm³/mol. The van der Waals surface area contributed by atoms with E-state index in [9.17, 15) is 9.18 Å². The van der Waals surface area contributed by atoms with Crippen molar-refractivity contribution >= 4 is 28.4 Å². The molecule has 2 saturated heterocycles. The first-order chi connectivity index (χ1) is 18.9. The molecule has 2 unspecified atom stereocenters. The number of aromatic amines is 1. The van der Waals surface area contributed by atoms with Crippen molar-refractivity contribution in [3.63, 3.8) is 0 Å². The number of nitrogens with two attached hydrogens (primary N) is 1. The van der Waals surface area contributed by atoms with Gasteiger partial charge < -0.3 is 20.8 Å². The number of H-pyrrole nitrogens is 1. The van der Waals surface area contributed by atoms with Gasteiger partial charge in [-0.25, -0.2) is 13.8 Å². The summed E-state index contributed by atoms with van der Waals surface area (Å²) in [6.07, 6.45) is 6.14. The Kier molecular flexibility index (Phi) is 7.77. The number of piperidine rings is 2. The van der Waals surface area contributed by atoms with E-state index < -0.39 is 11.4 Å². The zero-order chi connectivity index (χ0) is 26.9. The van der Waals surface area contributed by atoms with E-state index in [0.29, 0.717) is 52.7 Å². The third-order valence-electron chi connectivity index (χ3n) is 8.18. The average molecular weight is 556 g/mol. The van der Waals surface area contributed by atoms with Gasteiger partial charge in [-0.3, -0.25) is 9.69 Å². The van der Waals surface area contributed by atoms with Crippen LogP contribution >= 0.6 is 11.8 Å². The van der Waals surface area contributed by atoms with E-state index in [4.69, 9.17) is 10.5 Å². The van der Waals surface area contributed by atoms with Crippen LogP contribution < -0.4 is 21.3 Å². The second kappa shape index (κ2) is 11.4. The summed E-state index contributed by atoms with van der Waals surface area (Å²) in [7, 11) is 0. The molecular formula is C29H35F2N5O2S. The minimum Gasteiger partial charge on any atom is -0.493 e. The van der Waals surface area contributed by atoms with Crippen LogP contribution in [0, 0.1) is 17.6 Å². The van der Waals surface area contributed by atoms with Crippen LogP contribution in [0.15, 0.2) is 35.1 Å². The molecule has 3 heterocycles. The summed E-state index contributed by atoms with van der Waals surface area (Å²) < 4.78 is 35.6. The molecule has 3 aliphatic rings. The Morgan fingerprint density at radius 3 is 2.67 bits per heavy atom. The number of anilines is 1. The second-order valence-corrected chi connectivity index (χ2v) is 12.3. The lowest BCUT2D eigenvalue weighted by molar-refractivity contribution is 0.0765. The molecule has 0 amide bonds. The highest BCUT2D eigenvalue weighted by molar-refractivity contribution is 7.99. The Labute approximate surface area is 230 Å². The third kappa shape index (κ3) is 6.07. The standard InChI is InChI=1S/C29H35F2N5O2S/c30-23-11-18(32)3-4-22(23)26-14-21(7-10-36(26)19-5-8-33-9-6-19)39-16-27-34-25-13-20(38-15-17-1-2-17)12-24(31)28(25)29(37)35-27/h3-4,11-13,17,19,21,26,33H,1-2,5-10,14-16,32H2,(H,34,35,37). The number of hydrogen-bond acceptors (Lipinski definition) is 7. The first-order valence-electron chi connectivity index (χ1n) is 13.9. The molecule has 2 aromatic carbocycles. The maximum absolute atomic E-state index is 15.1. The quantitative estimate of drug-likeness (QED) is 0.345. The molecule has 39 heavy (non-hydrogen) atoms. The highest BCUT2D eigenvalue weighted by Gasteiger charge is 2.36. The van der Waals surface area contributed by atoms with Crippen LogP contribution in [0.2, 0.25) is 0 Å². The Balaban J connectivity index is 1.19. The zero-order valence-electron chi connectivity index (χ0n) is 21.9. The summed E-state index contributed by atoms with van der Waals surface area (Å²) in [4.78, 5) is 22.6. The van der Waals surface area contributed by atoms with Crippen LogP contribution in [-0.4, -0.2) is 52.4 Å². The van der Waals surface area contributed by atoms with Crippen molar-refractivity contribution in [2.45, 2.75) is 61.6 Å². The number of aromatic nitrogens is 2. The monoisotopic (exact) mass is 555 g/mol. The van der Waals surface area contributed by atoms with E-state index in [1.807, 2.05) is 6.07 Å². The van der Waals surface area contributed by atoms with E-state index >= 15 is 4.39 Å². The number of nitrogen functional groups attached to an aromatic ring is 1. The molecule has 4 N–H and O–H groups in total. The molecule has 0 bridgehead atoms. The fourth-order valence-corrected chi connectivity index (χ4v) is 7.01. The first kappa shape index (κ1) is 26.5. The van der Waals surface area contributed by atoms with E-state index in [0.717, 1.165) is 58.2 Å². The molecule has 0 radical (unpaired) electrons. The predicted octanol–water partition coefficient (Wildman–Crippen LogP) is 4.76. The van der Waals surface area contributed by atoms with Gasteiger partial charge >= 0.3 is 0 Å². The SMILES string of the molecule is Nc1ccc(C2CC(SCc3nc4cc(OCC5CC5)cc(F)c4c(=O)[nH]3)CCN2C2CCNCC2)c(F)c1. The van der Waals surface area contributed by atoms with Gasteiger partial charge in [-0.05, 0) is 69.7 Å². The largest absolute Gasteiger partial charge is 0.493 e. The molecule has 3 aromatic rings. The van der Waals surface area contributed by atoms with Gasteiger partial charge in [-0.15, -0.1) is 0 Å². The van der Waals surface area contributed by atoms with E-state index in [-0.39, 0.29) is 22.5 Å². The lowest BCUT2D eigenvalue weighted by atomic mass is 9.90. The Morgan fingerprint density at radius 2 is 1.90 bits per heavy atom. The van der Waals surface area contributed by atoms with Crippen LogP contribution in [0.5, 0.6) is 5.75 Å². The molecule has 2 atom stereocenters. The van der Waals surface area contributed by atoms with Crippen molar-refractivity contribution in [1.82, 2.24) is 20.2 Å². The normalized spacial score (nSPS) is 22.8. The van der Waals surface area contributed by atoms with Gasteiger partial charge in [0.1, 0.15) is 28.6 Å². The number of benzene rings is 2. The average Bonchev–Trinajstić information content (AvgIpc) is 3.75. The smallest absolute Gasteiger partial charge is 0.261 e. The summed E-state index contributed by atoms with van der Waals surface area (Å²) in [5, 5.41) is 3.64. The molecule has 6 rings (SSSR count). The van der Waals surface area contributed by atoms with Gasteiger partial charge in [0.15, 0.2) is 0 Å². The number of nitrogens with one attached hydrogen (secondary N) is 2. The van der Waals surface area contributed by atoms with Gasteiger partial charge in [0.05, 0.1) is 17.9 Å². The van der Waals surface area contributed by atoms with E-state index in [2.05, 4.69) is 20.2 Å². The van der Waals surface area contributed by atoms with Crippen molar-refractivity contribution in [3.05, 3.63) is 63.7 Å². The van der Waals surface area contributed by atoms with Crippen LogP contribution in [0.3, 0.4) is 0 Å². The summed E-state index contributed by atoms with van der Waals surface area (Å²) in [6, 6.07) is 8.33. The number of halogens is 2. The van der Waals surface area contributed by atoms with Gasteiger partial charge in [0.2, 0.25) is 0 Å². The van der Waals surface area contributed by atoms with E-state index in [1.165, 1.54) is 12.1 Å². The van der Waals surface area contributed by atoms with Gasteiger partial charge in [-0.2, -0.15) is 11.8 Å². The lowest BCUT2D eigenvalue weighted by Gasteiger charge is -2.45. The molecule has 0 spiro atoms. The van der Waals surface area contributed by atoms with Crippen molar-refractivity contribution in [3.8, 4) is 5.75 Å². The number of ether oxygens (including phenoxy) is 1. The van der Waals surface area contributed by atoms with Gasteiger partial charge in [-0.1, -0.05) is 6.07 Å². The highest BCUT2D eigenvalue weighted by Crippen LogP contribution is 2.40. The fourth-order valence-electron chi connectivity index (χ4n) is 5.89. The van der Waals surface area contributed by atoms with Crippen LogP contribution in [0.4, 0.5) is 14.5 Å². The Morgan fingerprint density at radius 1 is 1.08 bits per heavy atom. The van der Waals surface area contributed by atoms with Crippen LogP contribution in [-0.2, 0) is 5.75 Å². The Hall–Kier alpha value is -2.69. The summed E-state index contributed by atoms with van der Waals surface area (Å²) in [6.45, 7) is 3.39. The number of likely N-dealkylation sites (tertiary alicyclic amines) is 1. The number of thioether (sulfide) groups is 1. The number of nitrogens with zero attached hydrogens (tertiary/aromatic N) is 2. The molecule has 2 aliphatic heterocycles. The van der Waals surface area contributed by atoms with Gasteiger partial charge in [0.25, 0.3) is 5.56 Å². The topological polar surface area (TPSA) is 96.3 Å².